The van der Waals surface area contributed by atoms with Gasteiger partial charge in [-0.25, -0.2) is 9.99 Å². The third-order valence-corrected chi connectivity index (χ3v) is 7.85. The number of para-hydroxylation sites is 1. The van der Waals surface area contributed by atoms with E-state index in [1.54, 1.807) is 17.8 Å². The van der Waals surface area contributed by atoms with Crippen LogP contribution in [-0.2, 0) is 12.5 Å². The first-order valence-corrected chi connectivity index (χ1v) is 14.5. The van der Waals surface area contributed by atoms with Crippen LogP contribution in [0.1, 0.15) is 55.1 Å². The van der Waals surface area contributed by atoms with Crippen molar-refractivity contribution in [2.45, 2.75) is 52.0 Å². The molecule has 0 saturated carbocycles. The van der Waals surface area contributed by atoms with Gasteiger partial charge in [-0.2, -0.15) is 0 Å². The van der Waals surface area contributed by atoms with Gasteiger partial charge in [0, 0.05) is 49.2 Å². The van der Waals surface area contributed by atoms with Gasteiger partial charge in [-0.15, -0.1) is 0 Å². The first kappa shape index (κ1) is 29.2. The molecule has 0 radical (unpaired) electrons. The molecule has 42 heavy (non-hydrogen) atoms. The third kappa shape index (κ3) is 6.15. The number of aryl methyl sites for hydroxylation is 1. The van der Waals surface area contributed by atoms with Crippen LogP contribution in [-0.4, -0.2) is 39.6 Å². The Bertz CT molecular complexity index is 1620. The zero-order valence-corrected chi connectivity index (χ0v) is 25.1. The molecule has 1 aliphatic rings. The van der Waals surface area contributed by atoms with Gasteiger partial charge in [0.1, 0.15) is 0 Å². The van der Waals surface area contributed by atoms with E-state index in [-0.39, 0.29) is 22.9 Å². The summed E-state index contributed by atoms with van der Waals surface area (Å²) in [7, 11) is 1.74. The Labute approximate surface area is 247 Å². The number of rotatable bonds is 6. The van der Waals surface area contributed by atoms with Gasteiger partial charge < -0.3 is 15.6 Å². The van der Waals surface area contributed by atoms with Crippen molar-refractivity contribution in [1.82, 2.24) is 14.6 Å². The number of carbonyl (C=O) groups is 1. The number of hydrogen-bond acceptors (Lipinski definition) is 6. The molecule has 0 aliphatic carbocycles. The predicted molar refractivity (Wildman–Crippen MR) is 170 cm³/mol. The largest absolute Gasteiger partial charge is 0.326 e. The monoisotopic (exact) mass is 564 g/mol. The highest BCUT2D eigenvalue weighted by Crippen LogP contribution is 2.31. The zero-order valence-electron chi connectivity index (χ0n) is 25.1. The summed E-state index contributed by atoms with van der Waals surface area (Å²) in [5.74, 6) is 0.129. The number of aromatic nitrogens is 2. The second-order valence-electron chi connectivity index (χ2n) is 12.1. The lowest BCUT2D eigenvalue weighted by molar-refractivity contribution is 0.102. The zero-order chi connectivity index (χ0) is 30.0. The smallest absolute Gasteiger partial charge is 0.295 e. The van der Waals surface area contributed by atoms with E-state index in [2.05, 4.69) is 31.1 Å². The standard InChI is InChI=1S/C34H40N6O2/c1-23-28(14-9-15-29(23)37-32(41)24-16-18-25(19-17-24)34(2,3)4)30-22-38(5)33(42)31(36-30)40(27-12-7-6-8-13-27)39-20-10-11-26(35)21-39/h6-9,12-19,22,26H,10-11,20-21,35H2,1-5H3,(H,37,41). The molecule has 0 spiro atoms. The van der Waals surface area contributed by atoms with Crippen molar-refractivity contribution < 1.29 is 4.79 Å². The van der Waals surface area contributed by atoms with Gasteiger partial charge in [0.05, 0.1) is 11.4 Å². The minimum atomic E-state index is -0.206. The van der Waals surface area contributed by atoms with E-state index in [1.165, 1.54) is 5.56 Å². The summed E-state index contributed by atoms with van der Waals surface area (Å²) in [4.78, 5) is 31.7. The van der Waals surface area contributed by atoms with Crippen LogP contribution in [0.5, 0.6) is 0 Å². The first-order valence-electron chi connectivity index (χ1n) is 14.5. The maximum Gasteiger partial charge on any atom is 0.295 e. The molecule has 8 nitrogen and oxygen atoms in total. The van der Waals surface area contributed by atoms with Crippen LogP contribution in [0.3, 0.4) is 0 Å². The molecule has 1 amide bonds. The summed E-state index contributed by atoms with van der Waals surface area (Å²) in [5.41, 5.74) is 11.8. The van der Waals surface area contributed by atoms with Crippen LogP contribution in [0.2, 0.25) is 0 Å². The average molecular weight is 565 g/mol. The number of carbonyl (C=O) groups excluding carboxylic acids is 1. The lowest BCUT2D eigenvalue weighted by Crippen LogP contribution is -2.51. The molecule has 3 aromatic carbocycles. The molecule has 1 aliphatic heterocycles. The fourth-order valence-electron chi connectivity index (χ4n) is 5.38. The van der Waals surface area contributed by atoms with Gasteiger partial charge in [0.2, 0.25) is 5.82 Å². The molecule has 2 heterocycles. The molecule has 1 fully saturated rings. The Morgan fingerprint density at radius 3 is 2.40 bits per heavy atom. The molecule has 5 rings (SSSR count). The highest BCUT2D eigenvalue weighted by Gasteiger charge is 2.28. The van der Waals surface area contributed by atoms with Crippen LogP contribution in [0, 0.1) is 6.92 Å². The molecule has 4 aromatic rings. The topological polar surface area (TPSA) is 96.5 Å². The average Bonchev–Trinajstić information content (AvgIpc) is 2.96. The molecule has 1 aromatic heterocycles. The number of hydrogen-bond donors (Lipinski definition) is 2. The van der Waals surface area contributed by atoms with Gasteiger partial charge in [0.25, 0.3) is 11.5 Å². The van der Waals surface area contributed by atoms with E-state index in [9.17, 15) is 9.59 Å². The second-order valence-corrected chi connectivity index (χ2v) is 12.1. The highest BCUT2D eigenvalue weighted by atomic mass is 16.1. The molecular weight excluding hydrogens is 524 g/mol. The predicted octanol–water partition coefficient (Wildman–Crippen LogP) is 5.78. The van der Waals surface area contributed by atoms with E-state index in [1.807, 2.05) is 84.7 Å². The third-order valence-electron chi connectivity index (χ3n) is 7.85. The molecule has 1 atom stereocenters. The Kier molecular flexibility index (Phi) is 8.29. The van der Waals surface area contributed by atoms with Crippen molar-refractivity contribution in [3.8, 4) is 11.3 Å². The number of anilines is 3. The van der Waals surface area contributed by atoms with Crippen molar-refractivity contribution in [2.75, 3.05) is 23.4 Å². The minimum absolute atomic E-state index is 0.0116. The van der Waals surface area contributed by atoms with E-state index in [0.29, 0.717) is 29.3 Å². The van der Waals surface area contributed by atoms with Gasteiger partial charge in [-0.1, -0.05) is 63.2 Å². The second kappa shape index (κ2) is 11.9. The molecule has 3 N–H and O–H groups in total. The van der Waals surface area contributed by atoms with Gasteiger partial charge >= 0.3 is 0 Å². The number of benzene rings is 3. The van der Waals surface area contributed by atoms with E-state index < -0.39 is 0 Å². The Balaban J connectivity index is 1.51. The molecule has 8 heteroatoms. The van der Waals surface area contributed by atoms with Crippen LogP contribution >= 0.6 is 0 Å². The summed E-state index contributed by atoms with van der Waals surface area (Å²) in [6.45, 7) is 9.80. The summed E-state index contributed by atoms with van der Waals surface area (Å²) in [5, 5.41) is 7.10. The van der Waals surface area contributed by atoms with Gasteiger partial charge in [0.15, 0.2) is 0 Å². The Morgan fingerprint density at radius 1 is 1.02 bits per heavy atom. The lowest BCUT2D eigenvalue weighted by Gasteiger charge is -2.39. The minimum Gasteiger partial charge on any atom is -0.326 e. The Morgan fingerprint density at radius 2 is 1.74 bits per heavy atom. The molecule has 1 saturated heterocycles. The number of nitrogens with zero attached hydrogens (tertiary/aromatic N) is 4. The summed E-state index contributed by atoms with van der Waals surface area (Å²) >= 11 is 0. The van der Waals surface area contributed by atoms with Crippen LogP contribution in [0.4, 0.5) is 17.2 Å². The highest BCUT2D eigenvalue weighted by molar-refractivity contribution is 6.05. The van der Waals surface area contributed by atoms with Crippen molar-refractivity contribution in [1.29, 1.82) is 0 Å². The summed E-state index contributed by atoms with van der Waals surface area (Å²) in [6.07, 6.45) is 3.63. The quantitative estimate of drug-likeness (QED) is 0.308. The Hall–Kier alpha value is -4.27. The first-order chi connectivity index (χ1) is 20.0. The lowest BCUT2D eigenvalue weighted by atomic mass is 9.86. The number of piperidine rings is 1. The number of nitrogens with one attached hydrogen (secondary N) is 1. The van der Waals surface area contributed by atoms with E-state index in [0.717, 1.165) is 36.2 Å². The fourth-order valence-corrected chi connectivity index (χ4v) is 5.38. The SMILES string of the molecule is Cc1c(NC(=O)c2ccc(C(C)(C)C)cc2)cccc1-c1cn(C)c(=O)c(N(c2ccccc2)N2CCCC(N)C2)n1. The molecular formula is C34H40N6O2. The van der Waals surface area contributed by atoms with Crippen molar-refractivity contribution in [3.05, 3.63) is 106 Å². The van der Waals surface area contributed by atoms with Crippen molar-refractivity contribution in [2.24, 2.45) is 12.8 Å². The van der Waals surface area contributed by atoms with E-state index in [4.69, 9.17) is 10.7 Å². The summed E-state index contributed by atoms with van der Waals surface area (Å²) in [6, 6.07) is 23.3. The van der Waals surface area contributed by atoms with Crippen LogP contribution in [0.25, 0.3) is 11.3 Å². The maximum absolute atomic E-state index is 13.6. The molecule has 218 valence electrons. The van der Waals surface area contributed by atoms with Gasteiger partial charge in [-0.05, 0) is 66.6 Å². The fraction of sp³-hybridized carbons (Fsp3) is 0.324. The van der Waals surface area contributed by atoms with Crippen LogP contribution in [0.15, 0.2) is 83.8 Å². The molecule has 0 bridgehead atoms. The van der Waals surface area contributed by atoms with Crippen LogP contribution < -0.4 is 21.6 Å². The maximum atomic E-state index is 13.6. The summed E-state index contributed by atoms with van der Waals surface area (Å²) < 4.78 is 1.57. The van der Waals surface area contributed by atoms with Crippen molar-refractivity contribution >= 4 is 23.1 Å². The number of hydrazine groups is 1. The number of amides is 1. The molecule has 1 unspecified atom stereocenters. The van der Waals surface area contributed by atoms with Crippen molar-refractivity contribution in [3.63, 3.8) is 0 Å². The number of nitrogens with two attached hydrogens (primary N) is 1. The van der Waals surface area contributed by atoms with E-state index >= 15 is 0 Å². The normalized spacial score (nSPS) is 15.8. The van der Waals surface area contributed by atoms with Gasteiger partial charge in [-0.3, -0.25) is 14.6 Å².